The zero-order valence-corrected chi connectivity index (χ0v) is 17.6. The van der Waals surface area contributed by atoms with Crippen molar-refractivity contribution in [2.24, 2.45) is 5.73 Å². The first kappa shape index (κ1) is 27.8. The number of hydrogen-bond acceptors (Lipinski definition) is 7. The highest BCUT2D eigenvalue weighted by Crippen LogP contribution is 2.02. The first-order valence-corrected chi connectivity index (χ1v) is 9.77. The van der Waals surface area contributed by atoms with E-state index in [4.69, 9.17) is 15.9 Å². The number of nitrogens with one attached hydrogen (secondary N) is 4. The van der Waals surface area contributed by atoms with E-state index in [1.165, 1.54) is 13.8 Å². The van der Waals surface area contributed by atoms with Crippen molar-refractivity contribution < 1.29 is 39.0 Å². The zero-order valence-electron chi connectivity index (χ0n) is 17.6. The molecule has 0 spiro atoms. The van der Waals surface area contributed by atoms with Crippen molar-refractivity contribution in [1.29, 1.82) is 0 Å². The van der Waals surface area contributed by atoms with E-state index >= 15 is 0 Å². The molecule has 0 saturated heterocycles. The van der Waals surface area contributed by atoms with Gasteiger partial charge in [0.2, 0.25) is 23.6 Å². The van der Waals surface area contributed by atoms with Crippen molar-refractivity contribution in [1.82, 2.24) is 21.3 Å². The molecule has 4 amide bonds. The number of amides is 4. The monoisotopic (exact) mass is 445 g/mol. The van der Waals surface area contributed by atoms with E-state index in [0.29, 0.717) is 19.4 Å². The van der Waals surface area contributed by atoms with Crippen LogP contribution in [-0.2, 0) is 28.8 Å². The van der Waals surface area contributed by atoms with Crippen molar-refractivity contribution in [3.63, 3.8) is 0 Å². The minimum atomic E-state index is -1.42. The van der Waals surface area contributed by atoms with Crippen molar-refractivity contribution >= 4 is 35.6 Å². The molecule has 0 aromatic heterocycles. The fraction of sp³-hybridized carbons (Fsp3) is 0.667. The summed E-state index contributed by atoms with van der Waals surface area (Å²) in [6.45, 7) is 2.51. The third-order valence-electron chi connectivity index (χ3n) is 4.10. The molecule has 176 valence electrons. The fourth-order valence-corrected chi connectivity index (χ4v) is 2.49. The Morgan fingerprint density at radius 3 is 2.03 bits per heavy atom. The van der Waals surface area contributed by atoms with Crippen LogP contribution >= 0.6 is 0 Å². The third-order valence-corrected chi connectivity index (χ3v) is 4.10. The highest BCUT2D eigenvalue weighted by atomic mass is 16.4. The van der Waals surface area contributed by atoms with Gasteiger partial charge in [0.25, 0.3) is 0 Å². The molecule has 0 fully saturated rings. The summed E-state index contributed by atoms with van der Waals surface area (Å²) in [5, 5.41) is 27.0. The summed E-state index contributed by atoms with van der Waals surface area (Å²) in [7, 11) is 0. The molecule has 0 aliphatic heterocycles. The minimum Gasteiger partial charge on any atom is -0.481 e. The summed E-state index contributed by atoms with van der Waals surface area (Å²) in [6.07, 6.45) is 0.588. The van der Waals surface area contributed by atoms with Gasteiger partial charge in [0.15, 0.2) is 0 Å². The Balaban J connectivity index is 4.86. The highest BCUT2D eigenvalue weighted by molar-refractivity contribution is 5.93. The van der Waals surface area contributed by atoms with Crippen LogP contribution in [0.5, 0.6) is 0 Å². The maximum absolute atomic E-state index is 12.4. The molecular formula is C18H31N5O8. The van der Waals surface area contributed by atoms with E-state index in [1.807, 2.05) is 0 Å². The van der Waals surface area contributed by atoms with E-state index < -0.39 is 66.7 Å². The number of aliphatic carboxylic acids is 2. The third kappa shape index (κ3) is 12.8. The predicted molar refractivity (Wildman–Crippen MR) is 108 cm³/mol. The topological polar surface area (TPSA) is 217 Å². The molecule has 0 bridgehead atoms. The Bertz CT molecular complexity index is 669. The van der Waals surface area contributed by atoms with Crippen LogP contribution in [0.15, 0.2) is 0 Å². The van der Waals surface area contributed by atoms with Gasteiger partial charge in [-0.25, -0.2) is 4.79 Å². The molecule has 13 nitrogen and oxygen atoms in total. The number of rotatable bonds is 15. The Hall–Kier alpha value is -3.22. The molecule has 8 N–H and O–H groups in total. The van der Waals surface area contributed by atoms with Gasteiger partial charge in [-0.3, -0.25) is 24.0 Å². The highest BCUT2D eigenvalue weighted by Gasteiger charge is 2.25. The molecule has 0 rings (SSSR count). The molecule has 0 heterocycles. The lowest BCUT2D eigenvalue weighted by Crippen LogP contribution is -2.54. The molecule has 0 unspecified atom stereocenters. The number of carbonyl (C=O) groups is 6. The molecule has 31 heavy (non-hydrogen) atoms. The predicted octanol–water partition coefficient (Wildman–Crippen LogP) is -2.32. The average molecular weight is 445 g/mol. The Morgan fingerprint density at radius 2 is 1.52 bits per heavy atom. The molecular weight excluding hydrogens is 414 g/mol. The SMILES string of the molecule is CC(=O)N[C@@H](C)C(=O)N[C@@H](CCCCN)C(=O)NCC(=O)N[C@@H](CCC(=O)O)C(=O)O. The van der Waals surface area contributed by atoms with Crippen LogP contribution < -0.4 is 27.0 Å². The first-order chi connectivity index (χ1) is 14.5. The standard InChI is InChI=1S/C18H31N5O8/c1-10(21-11(2)24)16(28)23-12(5-3-4-8-19)17(29)20-9-14(25)22-13(18(30)31)6-7-15(26)27/h10,12-13H,3-9,19H2,1-2H3,(H,20,29)(H,21,24)(H,22,25)(H,23,28)(H,26,27)(H,30,31)/t10-,12-,13-/m0/s1. The number of nitrogens with two attached hydrogens (primary N) is 1. The molecule has 3 atom stereocenters. The van der Waals surface area contributed by atoms with Gasteiger partial charge in [-0.1, -0.05) is 0 Å². The molecule has 0 aliphatic rings. The van der Waals surface area contributed by atoms with Gasteiger partial charge in [-0.2, -0.15) is 0 Å². The van der Waals surface area contributed by atoms with E-state index in [1.54, 1.807) is 0 Å². The second kappa shape index (κ2) is 14.7. The Labute approximate surface area is 179 Å². The van der Waals surface area contributed by atoms with Crippen LogP contribution in [0, 0.1) is 0 Å². The van der Waals surface area contributed by atoms with Gasteiger partial charge in [0.1, 0.15) is 18.1 Å². The van der Waals surface area contributed by atoms with E-state index in [-0.39, 0.29) is 12.8 Å². The second-order valence-corrected chi connectivity index (χ2v) is 6.88. The second-order valence-electron chi connectivity index (χ2n) is 6.88. The Kier molecular flexibility index (Phi) is 13.2. The fourth-order valence-electron chi connectivity index (χ4n) is 2.49. The van der Waals surface area contributed by atoms with Crippen LogP contribution in [0.25, 0.3) is 0 Å². The molecule has 0 aliphatic carbocycles. The summed E-state index contributed by atoms with van der Waals surface area (Å²) in [5.74, 6) is -5.12. The van der Waals surface area contributed by atoms with E-state index in [9.17, 15) is 28.8 Å². The van der Waals surface area contributed by atoms with Gasteiger partial charge in [0.05, 0.1) is 6.54 Å². The van der Waals surface area contributed by atoms with Gasteiger partial charge in [0, 0.05) is 13.3 Å². The van der Waals surface area contributed by atoms with Crippen LogP contribution in [0.3, 0.4) is 0 Å². The molecule has 0 aromatic rings. The quantitative estimate of drug-likeness (QED) is 0.134. The normalized spacial score (nSPS) is 13.3. The zero-order chi connectivity index (χ0) is 24.0. The molecule has 13 heteroatoms. The number of hydrogen-bond donors (Lipinski definition) is 7. The summed E-state index contributed by atoms with van der Waals surface area (Å²) >= 11 is 0. The van der Waals surface area contributed by atoms with Gasteiger partial charge >= 0.3 is 11.9 Å². The maximum atomic E-state index is 12.4. The van der Waals surface area contributed by atoms with E-state index in [0.717, 1.165) is 0 Å². The average Bonchev–Trinajstić information content (AvgIpc) is 2.67. The number of carboxylic acid groups (broad SMARTS) is 2. The lowest BCUT2D eigenvalue weighted by atomic mass is 10.1. The van der Waals surface area contributed by atoms with Gasteiger partial charge < -0.3 is 37.2 Å². The van der Waals surface area contributed by atoms with E-state index in [2.05, 4.69) is 21.3 Å². The molecule has 0 aromatic carbocycles. The van der Waals surface area contributed by atoms with Crippen LogP contribution in [-0.4, -0.2) is 77.0 Å². The summed E-state index contributed by atoms with van der Waals surface area (Å²) < 4.78 is 0. The number of carboxylic acids is 2. The van der Waals surface area contributed by atoms with Crippen LogP contribution in [0.4, 0.5) is 0 Å². The molecule has 0 saturated carbocycles. The summed E-state index contributed by atoms with van der Waals surface area (Å²) in [6, 6.07) is -3.29. The lowest BCUT2D eigenvalue weighted by molar-refractivity contribution is -0.143. The smallest absolute Gasteiger partial charge is 0.326 e. The number of carbonyl (C=O) groups excluding carboxylic acids is 4. The van der Waals surface area contributed by atoms with Crippen molar-refractivity contribution in [2.75, 3.05) is 13.1 Å². The summed E-state index contributed by atoms with van der Waals surface area (Å²) in [5.41, 5.74) is 5.43. The van der Waals surface area contributed by atoms with Gasteiger partial charge in [-0.05, 0) is 39.2 Å². The first-order valence-electron chi connectivity index (χ1n) is 9.77. The number of unbranched alkanes of at least 4 members (excludes halogenated alkanes) is 1. The lowest BCUT2D eigenvalue weighted by Gasteiger charge is -2.21. The van der Waals surface area contributed by atoms with Crippen molar-refractivity contribution in [3.05, 3.63) is 0 Å². The molecule has 0 radical (unpaired) electrons. The van der Waals surface area contributed by atoms with Crippen LogP contribution in [0.2, 0.25) is 0 Å². The minimum absolute atomic E-state index is 0.236. The summed E-state index contributed by atoms with van der Waals surface area (Å²) in [4.78, 5) is 69.4. The van der Waals surface area contributed by atoms with Gasteiger partial charge in [-0.15, -0.1) is 0 Å². The maximum Gasteiger partial charge on any atom is 0.326 e. The van der Waals surface area contributed by atoms with Crippen molar-refractivity contribution in [3.8, 4) is 0 Å². The largest absolute Gasteiger partial charge is 0.481 e. The van der Waals surface area contributed by atoms with Crippen LogP contribution in [0.1, 0.15) is 46.0 Å². The van der Waals surface area contributed by atoms with Crippen molar-refractivity contribution in [2.45, 2.75) is 64.1 Å². The Morgan fingerprint density at radius 1 is 0.871 bits per heavy atom.